The Morgan fingerprint density at radius 2 is 1.73 bits per heavy atom. The Balaban J connectivity index is 1.63. The molecule has 0 spiro atoms. The standard InChI is InChI=1S/C30H29ClF3N5O5/c1-16-11-12-39(38-16)23-14-19(31)9-10-20(23)25(30(32,33)34)43-24-15-22(36-28(35)37-24)18-7-5-17(6-8-18)13-21(26(40)41)27(42)44-29(2,3)4/h5-12,14-15,21,25H,13H2,1-4H3,(H,40,41)(H2,35,36,37)/t21-,25+/m0/s1. The summed E-state index contributed by atoms with van der Waals surface area (Å²) in [6.45, 7) is 6.60. The van der Waals surface area contributed by atoms with Crippen LogP contribution in [0.4, 0.5) is 19.1 Å². The largest absolute Gasteiger partial charge is 0.481 e. The topological polar surface area (TPSA) is 142 Å². The van der Waals surface area contributed by atoms with Crippen molar-refractivity contribution in [1.82, 2.24) is 19.7 Å². The first-order valence-corrected chi connectivity index (χ1v) is 13.6. The van der Waals surface area contributed by atoms with Gasteiger partial charge in [0.2, 0.25) is 17.9 Å². The highest BCUT2D eigenvalue weighted by atomic mass is 35.5. The summed E-state index contributed by atoms with van der Waals surface area (Å²) in [7, 11) is 0. The number of halogens is 4. The predicted molar refractivity (Wildman–Crippen MR) is 155 cm³/mol. The molecule has 0 saturated carbocycles. The van der Waals surface area contributed by atoms with E-state index in [1.165, 1.54) is 35.1 Å². The molecular weight excluding hydrogens is 603 g/mol. The number of carboxylic acids is 1. The first-order valence-electron chi connectivity index (χ1n) is 13.2. The Hall–Kier alpha value is -4.65. The van der Waals surface area contributed by atoms with Gasteiger partial charge >= 0.3 is 18.1 Å². The molecule has 0 aliphatic carbocycles. The van der Waals surface area contributed by atoms with Crippen LogP contribution in [-0.2, 0) is 20.7 Å². The number of aliphatic carboxylic acids is 1. The molecule has 4 aromatic rings. The van der Waals surface area contributed by atoms with Gasteiger partial charge in [0.15, 0.2) is 5.92 Å². The van der Waals surface area contributed by atoms with Gasteiger partial charge < -0.3 is 20.3 Å². The summed E-state index contributed by atoms with van der Waals surface area (Å²) < 4.78 is 55.2. The van der Waals surface area contributed by atoms with E-state index in [1.54, 1.807) is 58.0 Å². The van der Waals surface area contributed by atoms with Crippen LogP contribution in [-0.4, -0.2) is 48.6 Å². The lowest BCUT2D eigenvalue weighted by Gasteiger charge is -2.24. The van der Waals surface area contributed by atoms with Gasteiger partial charge in [-0.25, -0.2) is 9.67 Å². The van der Waals surface area contributed by atoms with Crippen LogP contribution in [0.15, 0.2) is 60.8 Å². The normalized spacial score (nSPS) is 13.3. The maximum atomic E-state index is 14.4. The maximum Gasteiger partial charge on any atom is 0.429 e. The number of aromatic nitrogens is 4. The number of nitrogens with zero attached hydrogens (tertiary/aromatic N) is 4. The monoisotopic (exact) mass is 631 g/mol. The highest BCUT2D eigenvalue weighted by Crippen LogP contribution is 2.40. The van der Waals surface area contributed by atoms with E-state index >= 15 is 0 Å². The zero-order valence-corrected chi connectivity index (χ0v) is 24.8. The van der Waals surface area contributed by atoms with Crippen LogP contribution in [0.5, 0.6) is 5.88 Å². The van der Waals surface area contributed by atoms with Crippen LogP contribution in [0.1, 0.15) is 43.7 Å². The number of esters is 1. The smallest absolute Gasteiger partial charge is 0.429 e. The highest BCUT2D eigenvalue weighted by molar-refractivity contribution is 6.30. The fraction of sp³-hybridized carbons (Fsp3) is 0.300. The van der Waals surface area contributed by atoms with Crippen LogP contribution in [0.3, 0.4) is 0 Å². The number of carboxylic acid groups (broad SMARTS) is 1. The number of nitrogens with two attached hydrogens (primary N) is 1. The number of alkyl halides is 3. The number of anilines is 1. The number of ether oxygens (including phenoxy) is 2. The summed E-state index contributed by atoms with van der Waals surface area (Å²) in [6, 6.07) is 13.0. The van der Waals surface area contributed by atoms with Crippen molar-refractivity contribution in [2.24, 2.45) is 5.92 Å². The van der Waals surface area contributed by atoms with E-state index in [4.69, 9.17) is 26.8 Å². The SMILES string of the molecule is Cc1ccn(-c2cc(Cl)ccc2[C@@H](Oc2cc(-c3ccc(C[C@@H](C(=O)O)C(=O)OC(C)(C)C)cc3)nc(N)n2)C(F)(F)F)n1. The molecule has 0 fully saturated rings. The van der Waals surface area contributed by atoms with Crippen molar-refractivity contribution in [3.8, 4) is 22.8 Å². The molecule has 2 aromatic carbocycles. The Morgan fingerprint density at radius 1 is 1.05 bits per heavy atom. The predicted octanol–water partition coefficient (Wildman–Crippen LogP) is 6.14. The average Bonchev–Trinajstić information content (AvgIpc) is 3.35. The maximum absolute atomic E-state index is 14.4. The average molecular weight is 632 g/mol. The van der Waals surface area contributed by atoms with Gasteiger partial charge in [0, 0.05) is 28.4 Å². The number of carbonyl (C=O) groups excluding carboxylic acids is 1. The van der Waals surface area contributed by atoms with E-state index in [1.807, 2.05) is 0 Å². The Kier molecular flexibility index (Phi) is 9.19. The molecule has 3 N–H and O–H groups in total. The Morgan fingerprint density at radius 3 is 2.30 bits per heavy atom. The minimum absolute atomic E-state index is 0.0665. The fourth-order valence-electron chi connectivity index (χ4n) is 4.26. The van der Waals surface area contributed by atoms with Crippen LogP contribution in [0, 0.1) is 12.8 Å². The Labute approximate surface area is 255 Å². The Bertz CT molecular complexity index is 1670. The lowest BCUT2D eigenvalue weighted by atomic mass is 9.97. The van der Waals surface area contributed by atoms with Crippen molar-refractivity contribution < 1.29 is 37.3 Å². The van der Waals surface area contributed by atoms with Crippen molar-refractivity contribution in [3.05, 3.63) is 82.6 Å². The van der Waals surface area contributed by atoms with Crippen molar-refractivity contribution >= 4 is 29.5 Å². The third-order valence-corrected chi connectivity index (χ3v) is 6.41. The summed E-state index contributed by atoms with van der Waals surface area (Å²) in [4.78, 5) is 32.1. The zero-order valence-electron chi connectivity index (χ0n) is 24.1. The van der Waals surface area contributed by atoms with E-state index in [0.717, 1.165) is 0 Å². The van der Waals surface area contributed by atoms with Crippen LogP contribution >= 0.6 is 11.6 Å². The van der Waals surface area contributed by atoms with Gasteiger partial charge in [0.05, 0.1) is 17.1 Å². The van der Waals surface area contributed by atoms with E-state index in [9.17, 15) is 27.9 Å². The number of nitrogen functional groups attached to an aromatic ring is 1. The second-order valence-corrected chi connectivity index (χ2v) is 11.4. The summed E-state index contributed by atoms with van der Waals surface area (Å²) in [5, 5.41) is 14.0. The summed E-state index contributed by atoms with van der Waals surface area (Å²) in [5.74, 6) is -4.41. The van der Waals surface area contributed by atoms with E-state index in [0.29, 0.717) is 16.8 Å². The number of hydrogen-bond acceptors (Lipinski definition) is 8. The van der Waals surface area contributed by atoms with Crippen LogP contribution < -0.4 is 10.5 Å². The molecule has 10 nitrogen and oxygen atoms in total. The quantitative estimate of drug-likeness (QED) is 0.164. The van der Waals surface area contributed by atoms with Gasteiger partial charge in [-0.05, 0) is 57.9 Å². The highest BCUT2D eigenvalue weighted by Gasteiger charge is 2.45. The molecule has 0 bridgehead atoms. The van der Waals surface area contributed by atoms with Crippen molar-refractivity contribution in [3.63, 3.8) is 0 Å². The third kappa shape index (κ3) is 8.04. The molecule has 0 amide bonds. The third-order valence-electron chi connectivity index (χ3n) is 6.18. The van der Waals surface area contributed by atoms with Crippen molar-refractivity contribution in [2.45, 2.75) is 52.0 Å². The molecule has 0 saturated heterocycles. The lowest BCUT2D eigenvalue weighted by molar-refractivity contribution is -0.198. The van der Waals surface area contributed by atoms with Gasteiger partial charge in [0.25, 0.3) is 0 Å². The van der Waals surface area contributed by atoms with E-state index in [2.05, 4.69) is 15.1 Å². The summed E-state index contributed by atoms with van der Waals surface area (Å²) in [5.41, 5.74) is 6.47. The van der Waals surface area contributed by atoms with Gasteiger partial charge in [-0.1, -0.05) is 41.9 Å². The van der Waals surface area contributed by atoms with E-state index < -0.39 is 41.6 Å². The van der Waals surface area contributed by atoms with Gasteiger partial charge in [-0.15, -0.1) is 0 Å². The molecule has 2 atom stereocenters. The number of hydrogen-bond donors (Lipinski definition) is 2. The van der Waals surface area contributed by atoms with Gasteiger partial charge in [-0.3, -0.25) is 9.59 Å². The number of rotatable bonds is 9. The minimum atomic E-state index is -4.87. The first kappa shape index (κ1) is 32.3. The summed E-state index contributed by atoms with van der Waals surface area (Å²) in [6.07, 6.45) is -5.97. The second-order valence-electron chi connectivity index (χ2n) is 10.9. The fourth-order valence-corrected chi connectivity index (χ4v) is 4.42. The molecule has 2 aromatic heterocycles. The summed E-state index contributed by atoms with van der Waals surface area (Å²) >= 11 is 6.10. The molecule has 4 rings (SSSR count). The van der Waals surface area contributed by atoms with Gasteiger partial charge in [0.1, 0.15) is 5.60 Å². The van der Waals surface area contributed by atoms with Gasteiger partial charge in [-0.2, -0.15) is 23.3 Å². The number of benzene rings is 2. The first-order chi connectivity index (χ1) is 20.5. The molecule has 232 valence electrons. The van der Waals surface area contributed by atoms with E-state index in [-0.39, 0.29) is 34.3 Å². The molecule has 0 aliphatic rings. The molecule has 14 heteroatoms. The minimum Gasteiger partial charge on any atom is -0.481 e. The molecule has 0 unspecified atom stereocenters. The second kappa shape index (κ2) is 12.5. The zero-order chi connectivity index (χ0) is 32.4. The number of carbonyl (C=O) groups is 2. The van der Waals surface area contributed by atoms with Crippen LogP contribution in [0.25, 0.3) is 16.9 Å². The number of aryl methyl sites for hydroxylation is 1. The van der Waals surface area contributed by atoms with Crippen LogP contribution in [0.2, 0.25) is 5.02 Å². The molecule has 0 aliphatic heterocycles. The molecule has 0 radical (unpaired) electrons. The van der Waals surface area contributed by atoms with Crippen molar-refractivity contribution in [1.29, 1.82) is 0 Å². The lowest BCUT2D eigenvalue weighted by Crippen LogP contribution is -2.33. The molecule has 44 heavy (non-hydrogen) atoms. The van der Waals surface area contributed by atoms with Crippen molar-refractivity contribution in [2.75, 3.05) is 5.73 Å². The molecule has 2 heterocycles. The molecular formula is C30H29ClF3N5O5.